The fraction of sp³-hybridized carbons (Fsp3) is 0.431. The highest BCUT2D eigenvalue weighted by atomic mass is 16.6. The van der Waals surface area contributed by atoms with Crippen LogP contribution < -0.4 is 15.1 Å². The molecule has 4 aromatic rings. The zero-order valence-electron chi connectivity index (χ0n) is 38.9. The van der Waals surface area contributed by atoms with Crippen molar-refractivity contribution >= 4 is 47.2 Å². The van der Waals surface area contributed by atoms with Crippen molar-refractivity contribution in [2.24, 2.45) is 0 Å². The highest BCUT2D eigenvalue weighted by molar-refractivity contribution is 5.94. The summed E-state index contributed by atoms with van der Waals surface area (Å²) >= 11 is 0. The molecule has 348 valence electrons. The second-order valence-corrected chi connectivity index (χ2v) is 17.4. The third kappa shape index (κ3) is 16.3. The first-order valence-corrected chi connectivity index (χ1v) is 22.5. The van der Waals surface area contributed by atoms with Gasteiger partial charge >= 0.3 is 18.3 Å². The Kier molecular flexibility index (Phi) is 18.8. The minimum absolute atomic E-state index is 0.0699. The summed E-state index contributed by atoms with van der Waals surface area (Å²) in [6.45, 7) is 8.96. The van der Waals surface area contributed by atoms with Gasteiger partial charge in [0.05, 0.1) is 5.69 Å². The second-order valence-electron chi connectivity index (χ2n) is 17.4. The number of carbonyl (C=O) groups is 5. The van der Waals surface area contributed by atoms with Gasteiger partial charge < -0.3 is 33.8 Å². The van der Waals surface area contributed by atoms with Crippen LogP contribution in [0.4, 0.5) is 31.4 Å². The molecule has 0 aromatic heterocycles. The first-order valence-electron chi connectivity index (χ1n) is 22.5. The summed E-state index contributed by atoms with van der Waals surface area (Å²) in [6, 6.07) is 34.2. The molecule has 1 aliphatic rings. The van der Waals surface area contributed by atoms with Gasteiger partial charge in [0.25, 0.3) is 0 Å². The number of amides is 5. The van der Waals surface area contributed by atoms with Gasteiger partial charge in [-0.2, -0.15) is 0 Å². The van der Waals surface area contributed by atoms with Crippen molar-refractivity contribution in [3.63, 3.8) is 0 Å². The van der Waals surface area contributed by atoms with Crippen LogP contribution in [0.3, 0.4) is 0 Å². The summed E-state index contributed by atoms with van der Waals surface area (Å²) in [6.07, 6.45) is 2.38. The molecule has 1 N–H and O–H groups in total. The Morgan fingerprint density at radius 3 is 1.97 bits per heavy atom. The van der Waals surface area contributed by atoms with Crippen LogP contribution in [0.2, 0.25) is 0 Å². The number of hydrogen-bond acceptors (Lipinski definition) is 9. The lowest BCUT2D eigenvalue weighted by atomic mass is 10.0. The van der Waals surface area contributed by atoms with Crippen LogP contribution in [0.5, 0.6) is 0 Å². The summed E-state index contributed by atoms with van der Waals surface area (Å²) in [4.78, 5) is 73.4. The number of para-hydroxylation sites is 1. The molecule has 0 atom stereocenters. The molecule has 0 bridgehead atoms. The number of carbonyl (C=O) groups excluding carboxylic acids is 5. The van der Waals surface area contributed by atoms with Crippen LogP contribution in [0.1, 0.15) is 71.3 Å². The van der Waals surface area contributed by atoms with Crippen LogP contribution in [-0.4, -0.2) is 117 Å². The number of likely N-dealkylation sites (tertiary alicyclic amines) is 1. The lowest BCUT2D eigenvalue weighted by molar-refractivity contribution is -0.130. The molecule has 1 heterocycles. The van der Waals surface area contributed by atoms with Gasteiger partial charge in [0.1, 0.15) is 18.3 Å². The fourth-order valence-corrected chi connectivity index (χ4v) is 7.32. The van der Waals surface area contributed by atoms with E-state index in [1.54, 1.807) is 68.9 Å². The lowest BCUT2D eigenvalue weighted by Gasteiger charge is -2.32. The van der Waals surface area contributed by atoms with E-state index in [0.29, 0.717) is 49.4 Å². The van der Waals surface area contributed by atoms with Gasteiger partial charge in [0, 0.05) is 90.2 Å². The molecule has 65 heavy (non-hydrogen) atoms. The highest BCUT2D eigenvalue weighted by Gasteiger charge is 2.25. The van der Waals surface area contributed by atoms with E-state index in [2.05, 4.69) is 10.2 Å². The zero-order chi connectivity index (χ0) is 46.8. The average Bonchev–Trinajstić information content (AvgIpc) is 3.30. The maximum atomic E-state index is 13.5. The van der Waals surface area contributed by atoms with E-state index in [9.17, 15) is 24.0 Å². The van der Waals surface area contributed by atoms with Gasteiger partial charge in [-0.3, -0.25) is 19.8 Å². The lowest BCUT2D eigenvalue weighted by Crippen LogP contribution is -2.42. The number of unbranched alkanes of at least 4 members (excludes halogenated alkanes) is 2. The normalized spacial score (nSPS) is 13.0. The van der Waals surface area contributed by atoms with E-state index in [-0.39, 0.29) is 37.5 Å². The third-order valence-electron chi connectivity index (χ3n) is 11.2. The molecule has 1 aliphatic heterocycles. The van der Waals surface area contributed by atoms with Crippen LogP contribution in [-0.2, 0) is 30.4 Å². The number of piperidine rings is 1. The summed E-state index contributed by atoms with van der Waals surface area (Å²) < 4.78 is 16.9. The van der Waals surface area contributed by atoms with Crippen molar-refractivity contribution in [1.29, 1.82) is 0 Å². The van der Waals surface area contributed by atoms with Crippen molar-refractivity contribution in [3.05, 3.63) is 115 Å². The Labute approximate surface area is 384 Å². The van der Waals surface area contributed by atoms with Crippen molar-refractivity contribution < 1.29 is 38.2 Å². The number of likely N-dealkylation sites (N-methyl/N-ethyl adjacent to an activating group) is 1. The topological polar surface area (TPSA) is 141 Å². The zero-order valence-corrected chi connectivity index (χ0v) is 38.9. The number of anilines is 3. The molecule has 0 spiro atoms. The van der Waals surface area contributed by atoms with Crippen molar-refractivity contribution in [2.75, 3.05) is 75.5 Å². The Morgan fingerprint density at radius 2 is 1.29 bits per heavy atom. The standard InChI is InChI=1S/C51H66N6O8/c1-51(2,3)65-49(61)54(5)33-31-47(59)55(6)41-25-27-42(28-26-41)57(50(62)63-38-39-18-10-7-11-19-39)32-17-9-14-24-46(58)53(4)36-37-56-34-29-43(30-35-56)64-48(60)52-45-23-16-15-22-44(45)40-20-12-8-13-21-40/h7-8,10-13,15-16,18-23,25-28,43H,9,14,17,24,29-38H2,1-6H3,(H,52,60). The molecule has 0 aliphatic carbocycles. The van der Waals surface area contributed by atoms with Gasteiger partial charge in [-0.05, 0) is 87.9 Å². The van der Waals surface area contributed by atoms with E-state index in [4.69, 9.17) is 14.2 Å². The van der Waals surface area contributed by atoms with E-state index in [1.807, 2.05) is 92.0 Å². The molecule has 0 radical (unpaired) electrons. The summed E-state index contributed by atoms with van der Waals surface area (Å²) in [5, 5.41) is 2.93. The molecule has 14 heteroatoms. The fourth-order valence-electron chi connectivity index (χ4n) is 7.32. The average molecular weight is 891 g/mol. The van der Waals surface area contributed by atoms with Gasteiger partial charge in [-0.25, -0.2) is 14.4 Å². The molecule has 14 nitrogen and oxygen atoms in total. The first kappa shape index (κ1) is 49.6. The molecular weight excluding hydrogens is 825 g/mol. The maximum Gasteiger partial charge on any atom is 0.414 e. The maximum absolute atomic E-state index is 13.5. The van der Waals surface area contributed by atoms with E-state index < -0.39 is 23.9 Å². The largest absolute Gasteiger partial charge is 0.446 e. The Hall–Kier alpha value is -6.41. The molecular formula is C51H66N6O8. The Bertz CT molecular complexity index is 2140. The van der Waals surface area contributed by atoms with Crippen LogP contribution in [0.15, 0.2) is 109 Å². The number of nitrogens with one attached hydrogen (secondary N) is 1. The third-order valence-corrected chi connectivity index (χ3v) is 11.2. The molecule has 5 amide bonds. The highest BCUT2D eigenvalue weighted by Crippen LogP contribution is 2.28. The molecule has 0 saturated carbocycles. The number of benzene rings is 4. The van der Waals surface area contributed by atoms with E-state index in [0.717, 1.165) is 55.6 Å². The van der Waals surface area contributed by atoms with Crippen molar-refractivity contribution in [2.45, 2.75) is 84.0 Å². The predicted molar refractivity (Wildman–Crippen MR) is 255 cm³/mol. The molecule has 1 saturated heterocycles. The SMILES string of the molecule is CN(CCN1CCC(OC(=O)Nc2ccccc2-c2ccccc2)CC1)C(=O)CCCCCN(C(=O)OCc1ccccc1)c1ccc(N(C)C(=O)CCN(C)C(=O)OC(C)(C)C)cc1. The number of hydrogen-bond donors (Lipinski definition) is 1. The smallest absolute Gasteiger partial charge is 0.414 e. The van der Waals surface area contributed by atoms with Gasteiger partial charge in [0.2, 0.25) is 11.8 Å². The number of nitrogens with zero attached hydrogens (tertiary/aromatic N) is 5. The summed E-state index contributed by atoms with van der Waals surface area (Å²) in [5.74, 6) is -0.108. The second kappa shape index (κ2) is 24.6. The first-order chi connectivity index (χ1) is 31.2. The van der Waals surface area contributed by atoms with Crippen molar-refractivity contribution in [1.82, 2.24) is 14.7 Å². The minimum Gasteiger partial charge on any atom is -0.446 e. The Morgan fingerprint density at radius 1 is 0.662 bits per heavy atom. The van der Waals surface area contributed by atoms with Crippen LogP contribution in [0, 0.1) is 0 Å². The number of rotatable bonds is 19. The molecule has 0 unspecified atom stereocenters. The number of ether oxygens (including phenoxy) is 3. The van der Waals surface area contributed by atoms with Crippen molar-refractivity contribution in [3.8, 4) is 11.1 Å². The van der Waals surface area contributed by atoms with E-state index >= 15 is 0 Å². The minimum atomic E-state index is -0.632. The van der Waals surface area contributed by atoms with Crippen LogP contribution in [0.25, 0.3) is 11.1 Å². The van der Waals surface area contributed by atoms with Crippen LogP contribution >= 0.6 is 0 Å². The Balaban J connectivity index is 1.03. The van der Waals surface area contributed by atoms with Gasteiger partial charge in [0.15, 0.2) is 0 Å². The monoisotopic (exact) mass is 890 g/mol. The summed E-state index contributed by atoms with van der Waals surface area (Å²) in [5.41, 5.74) is 4.15. The van der Waals surface area contributed by atoms with E-state index in [1.165, 1.54) is 9.80 Å². The molecule has 5 rings (SSSR count). The predicted octanol–water partition coefficient (Wildman–Crippen LogP) is 9.45. The summed E-state index contributed by atoms with van der Waals surface area (Å²) in [7, 11) is 5.10. The van der Waals surface area contributed by atoms with Gasteiger partial charge in [-0.1, -0.05) is 85.3 Å². The van der Waals surface area contributed by atoms with Gasteiger partial charge in [-0.15, -0.1) is 0 Å². The molecule has 1 fully saturated rings. The molecule has 4 aromatic carbocycles. The quantitative estimate of drug-likeness (QED) is 0.0720.